The van der Waals surface area contributed by atoms with E-state index in [1.54, 1.807) is 23.2 Å². The zero-order valence-corrected chi connectivity index (χ0v) is 13.9. The van der Waals surface area contributed by atoms with Crippen molar-refractivity contribution in [2.75, 3.05) is 13.1 Å². The van der Waals surface area contributed by atoms with Crippen LogP contribution in [-0.2, 0) is 11.3 Å². The molecule has 1 fully saturated rings. The van der Waals surface area contributed by atoms with E-state index in [4.69, 9.17) is 0 Å². The Kier molecular flexibility index (Phi) is 4.26. The van der Waals surface area contributed by atoms with Gasteiger partial charge in [-0.05, 0) is 43.3 Å². The Morgan fingerprint density at radius 1 is 1.35 bits per heavy atom. The SMILES string of the molecule is CC1(C(=O)O)CCCN(C(=O)c2cccn2Cc2cccs2)C1. The van der Waals surface area contributed by atoms with Crippen molar-refractivity contribution in [3.8, 4) is 0 Å². The molecule has 0 aliphatic carbocycles. The Labute approximate surface area is 139 Å². The van der Waals surface area contributed by atoms with Crippen molar-refractivity contribution in [2.24, 2.45) is 5.41 Å². The number of aromatic nitrogens is 1. The van der Waals surface area contributed by atoms with Gasteiger partial charge in [-0.1, -0.05) is 6.07 Å². The first-order chi connectivity index (χ1) is 11.0. The second-order valence-electron chi connectivity index (χ2n) is 6.30. The smallest absolute Gasteiger partial charge is 0.311 e. The number of carbonyl (C=O) groups is 2. The highest BCUT2D eigenvalue weighted by atomic mass is 32.1. The molecule has 2 aromatic rings. The number of carboxylic acids is 1. The van der Waals surface area contributed by atoms with Crippen molar-refractivity contribution in [2.45, 2.75) is 26.3 Å². The van der Waals surface area contributed by atoms with Crippen LogP contribution in [0.3, 0.4) is 0 Å². The molecule has 0 bridgehead atoms. The summed E-state index contributed by atoms with van der Waals surface area (Å²) in [6.45, 7) is 3.27. The number of thiophene rings is 1. The van der Waals surface area contributed by atoms with Crippen molar-refractivity contribution in [1.29, 1.82) is 0 Å². The van der Waals surface area contributed by atoms with Crippen molar-refractivity contribution >= 4 is 23.2 Å². The molecule has 122 valence electrons. The van der Waals surface area contributed by atoms with Gasteiger partial charge in [-0.25, -0.2) is 0 Å². The van der Waals surface area contributed by atoms with Crippen LogP contribution in [0.2, 0.25) is 0 Å². The predicted molar refractivity (Wildman–Crippen MR) is 88.7 cm³/mol. The first-order valence-electron chi connectivity index (χ1n) is 7.70. The van der Waals surface area contributed by atoms with Gasteiger partial charge in [0.25, 0.3) is 5.91 Å². The van der Waals surface area contributed by atoms with E-state index in [2.05, 4.69) is 0 Å². The van der Waals surface area contributed by atoms with Gasteiger partial charge in [0.05, 0.1) is 12.0 Å². The summed E-state index contributed by atoms with van der Waals surface area (Å²) in [6, 6.07) is 7.71. The fourth-order valence-corrected chi connectivity index (χ4v) is 3.77. The molecular formula is C17H20N2O3S. The molecule has 1 N–H and O–H groups in total. The average Bonchev–Trinajstić information content (AvgIpc) is 3.19. The molecule has 0 aromatic carbocycles. The van der Waals surface area contributed by atoms with Crippen molar-refractivity contribution in [3.05, 3.63) is 46.4 Å². The highest BCUT2D eigenvalue weighted by Crippen LogP contribution is 2.30. The number of nitrogens with zero attached hydrogens (tertiary/aromatic N) is 2. The summed E-state index contributed by atoms with van der Waals surface area (Å²) >= 11 is 1.66. The lowest BCUT2D eigenvalue weighted by atomic mass is 9.82. The summed E-state index contributed by atoms with van der Waals surface area (Å²) in [5, 5.41) is 11.4. The van der Waals surface area contributed by atoms with E-state index in [0.29, 0.717) is 25.2 Å². The van der Waals surface area contributed by atoms with E-state index in [1.807, 2.05) is 40.4 Å². The van der Waals surface area contributed by atoms with E-state index >= 15 is 0 Å². The van der Waals surface area contributed by atoms with Gasteiger partial charge in [-0.2, -0.15) is 0 Å². The number of carbonyl (C=O) groups excluding carboxylic acids is 1. The lowest BCUT2D eigenvalue weighted by Crippen LogP contribution is -2.48. The van der Waals surface area contributed by atoms with Gasteiger partial charge in [-0.15, -0.1) is 11.3 Å². The summed E-state index contributed by atoms with van der Waals surface area (Å²) < 4.78 is 1.93. The van der Waals surface area contributed by atoms with E-state index in [-0.39, 0.29) is 12.5 Å². The quantitative estimate of drug-likeness (QED) is 0.936. The van der Waals surface area contributed by atoms with E-state index in [0.717, 1.165) is 6.42 Å². The zero-order chi connectivity index (χ0) is 16.4. The molecule has 1 aliphatic rings. The van der Waals surface area contributed by atoms with Crippen LogP contribution in [0, 0.1) is 5.41 Å². The Bertz CT molecular complexity index is 707. The number of piperidine rings is 1. The Morgan fingerprint density at radius 2 is 2.17 bits per heavy atom. The van der Waals surface area contributed by atoms with Crippen molar-refractivity contribution < 1.29 is 14.7 Å². The molecule has 3 heterocycles. The first-order valence-corrected chi connectivity index (χ1v) is 8.58. The predicted octanol–water partition coefficient (Wildman–Crippen LogP) is 2.92. The number of rotatable bonds is 4. The number of likely N-dealkylation sites (tertiary alicyclic amines) is 1. The minimum Gasteiger partial charge on any atom is -0.481 e. The Balaban J connectivity index is 1.78. The first kappa shape index (κ1) is 15.8. The van der Waals surface area contributed by atoms with Gasteiger partial charge in [-0.3, -0.25) is 9.59 Å². The molecule has 0 radical (unpaired) electrons. The molecule has 5 nitrogen and oxygen atoms in total. The Morgan fingerprint density at radius 3 is 2.87 bits per heavy atom. The van der Waals surface area contributed by atoms with E-state index < -0.39 is 11.4 Å². The maximum atomic E-state index is 12.8. The second kappa shape index (κ2) is 6.20. The fourth-order valence-electron chi connectivity index (χ4n) is 3.07. The normalized spacial score (nSPS) is 21.3. The van der Waals surface area contributed by atoms with Gasteiger partial charge in [0, 0.05) is 24.2 Å². The average molecular weight is 332 g/mol. The second-order valence-corrected chi connectivity index (χ2v) is 7.33. The third-order valence-corrected chi connectivity index (χ3v) is 5.32. The Hall–Kier alpha value is -2.08. The maximum Gasteiger partial charge on any atom is 0.311 e. The van der Waals surface area contributed by atoms with E-state index in [9.17, 15) is 14.7 Å². The molecule has 3 rings (SSSR count). The summed E-state index contributed by atoms with van der Waals surface area (Å²) in [7, 11) is 0. The zero-order valence-electron chi connectivity index (χ0n) is 13.1. The summed E-state index contributed by atoms with van der Waals surface area (Å²) in [5.41, 5.74) is -0.230. The van der Waals surface area contributed by atoms with Crippen LogP contribution in [-0.4, -0.2) is 39.5 Å². The highest BCUT2D eigenvalue weighted by Gasteiger charge is 2.39. The molecule has 1 saturated heterocycles. The van der Waals surface area contributed by atoms with E-state index in [1.165, 1.54) is 4.88 Å². The summed E-state index contributed by atoms with van der Waals surface area (Å²) in [6.07, 6.45) is 3.23. The largest absolute Gasteiger partial charge is 0.481 e. The topological polar surface area (TPSA) is 62.5 Å². The standard InChI is InChI=1S/C17H20N2O3S/c1-17(16(21)22)7-4-9-19(12-17)15(20)14-6-2-8-18(14)11-13-5-3-10-23-13/h2-3,5-6,8,10H,4,7,9,11-12H2,1H3,(H,21,22). The van der Waals surface area contributed by atoms with Crippen LogP contribution in [0.15, 0.2) is 35.8 Å². The molecule has 1 atom stereocenters. The summed E-state index contributed by atoms with van der Waals surface area (Å²) in [4.78, 5) is 27.2. The number of hydrogen-bond acceptors (Lipinski definition) is 3. The molecule has 0 saturated carbocycles. The number of carboxylic acid groups (broad SMARTS) is 1. The molecular weight excluding hydrogens is 312 g/mol. The van der Waals surface area contributed by atoms with Gasteiger partial charge < -0.3 is 14.6 Å². The van der Waals surface area contributed by atoms with Crippen molar-refractivity contribution in [1.82, 2.24) is 9.47 Å². The molecule has 23 heavy (non-hydrogen) atoms. The molecule has 2 aromatic heterocycles. The molecule has 1 unspecified atom stereocenters. The molecule has 1 aliphatic heterocycles. The minimum absolute atomic E-state index is 0.0845. The van der Waals surface area contributed by atoms with Crippen LogP contribution in [0.25, 0.3) is 0 Å². The fraction of sp³-hybridized carbons (Fsp3) is 0.412. The minimum atomic E-state index is -0.848. The van der Waals surface area contributed by atoms with Crippen LogP contribution < -0.4 is 0 Å². The van der Waals surface area contributed by atoms with Gasteiger partial charge >= 0.3 is 5.97 Å². The van der Waals surface area contributed by atoms with Crippen LogP contribution in [0.1, 0.15) is 35.1 Å². The van der Waals surface area contributed by atoms with Crippen LogP contribution in [0.5, 0.6) is 0 Å². The van der Waals surface area contributed by atoms with Gasteiger partial charge in [0.2, 0.25) is 0 Å². The van der Waals surface area contributed by atoms with Crippen LogP contribution in [0.4, 0.5) is 0 Å². The third kappa shape index (κ3) is 3.17. The lowest BCUT2D eigenvalue weighted by Gasteiger charge is -2.37. The number of aliphatic carboxylic acids is 1. The molecule has 6 heteroatoms. The maximum absolute atomic E-state index is 12.8. The number of hydrogen-bond donors (Lipinski definition) is 1. The molecule has 1 amide bonds. The lowest BCUT2D eigenvalue weighted by molar-refractivity contribution is -0.150. The highest BCUT2D eigenvalue weighted by molar-refractivity contribution is 7.09. The monoisotopic (exact) mass is 332 g/mol. The molecule has 0 spiro atoms. The van der Waals surface area contributed by atoms with Gasteiger partial charge in [0.15, 0.2) is 0 Å². The van der Waals surface area contributed by atoms with Gasteiger partial charge in [0.1, 0.15) is 5.69 Å². The summed E-state index contributed by atoms with van der Waals surface area (Å²) in [5.74, 6) is -0.914. The number of amides is 1. The third-order valence-electron chi connectivity index (χ3n) is 4.45. The van der Waals surface area contributed by atoms with Crippen LogP contribution >= 0.6 is 11.3 Å². The van der Waals surface area contributed by atoms with Crippen molar-refractivity contribution in [3.63, 3.8) is 0 Å².